The Morgan fingerprint density at radius 2 is 1.97 bits per heavy atom. The van der Waals surface area contributed by atoms with Gasteiger partial charge < -0.3 is 14.6 Å². The number of aromatic nitrogens is 4. The first-order valence-electron chi connectivity index (χ1n) is 9.62. The van der Waals surface area contributed by atoms with Crippen LogP contribution in [0.3, 0.4) is 0 Å². The molecule has 1 N–H and O–H groups in total. The number of hydrogen-bond acceptors (Lipinski definition) is 6. The monoisotopic (exact) mass is 388 g/mol. The standard InChI is InChI=1S/C21H20N6O2/c28-20(16-8-11-29-13-16)26-9-6-17(7-10-26)24-19-12-18(15-4-2-1-3-5-15)25-21-22-14-23-27(19)21/h1-5,8,11-14,17,24H,6-7,9-10H2. The number of carbonyl (C=O) groups excluding carboxylic acids is 1. The highest BCUT2D eigenvalue weighted by molar-refractivity contribution is 5.93. The molecule has 8 heteroatoms. The number of rotatable bonds is 4. The number of furan rings is 1. The molecule has 8 nitrogen and oxygen atoms in total. The molecule has 4 aromatic rings. The summed E-state index contributed by atoms with van der Waals surface area (Å²) in [7, 11) is 0. The summed E-state index contributed by atoms with van der Waals surface area (Å²) in [6, 6.07) is 14.0. The normalized spacial score (nSPS) is 15.0. The second-order valence-electron chi connectivity index (χ2n) is 7.09. The van der Waals surface area contributed by atoms with Gasteiger partial charge in [0, 0.05) is 30.8 Å². The number of likely N-dealkylation sites (tertiary alicyclic amines) is 1. The molecular formula is C21H20N6O2. The van der Waals surface area contributed by atoms with E-state index in [0.717, 1.165) is 29.9 Å². The van der Waals surface area contributed by atoms with E-state index >= 15 is 0 Å². The molecule has 0 unspecified atom stereocenters. The number of nitrogens with one attached hydrogen (secondary N) is 1. The van der Waals surface area contributed by atoms with Crippen molar-refractivity contribution in [3.8, 4) is 11.3 Å². The van der Waals surface area contributed by atoms with Crippen molar-refractivity contribution in [3.05, 3.63) is 66.9 Å². The van der Waals surface area contributed by atoms with Crippen LogP contribution in [0.25, 0.3) is 17.0 Å². The molecule has 1 aromatic carbocycles. The number of nitrogens with zero attached hydrogens (tertiary/aromatic N) is 5. The van der Waals surface area contributed by atoms with Gasteiger partial charge in [-0.3, -0.25) is 4.79 Å². The Balaban J connectivity index is 1.33. The first-order chi connectivity index (χ1) is 14.3. The zero-order chi connectivity index (χ0) is 19.6. The average molecular weight is 388 g/mol. The number of piperidine rings is 1. The maximum absolute atomic E-state index is 12.5. The fourth-order valence-electron chi connectivity index (χ4n) is 3.68. The van der Waals surface area contributed by atoms with Gasteiger partial charge in [-0.15, -0.1) is 0 Å². The first kappa shape index (κ1) is 17.4. The van der Waals surface area contributed by atoms with Crippen molar-refractivity contribution in [1.29, 1.82) is 0 Å². The van der Waals surface area contributed by atoms with Crippen LogP contribution in [0.4, 0.5) is 5.82 Å². The average Bonchev–Trinajstić information content (AvgIpc) is 3.46. The van der Waals surface area contributed by atoms with Gasteiger partial charge in [-0.25, -0.2) is 4.98 Å². The van der Waals surface area contributed by atoms with Gasteiger partial charge in [0.25, 0.3) is 11.7 Å². The molecule has 0 bridgehead atoms. The molecule has 146 valence electrons. The van der Waals surface area contributed by atoms with E-state index in [9.17, 15) is 4.79 Å². The molecular weight excluding hydrogens is 368 g/mol. The zero-order valence-corrected chi connectivity index (χ0v) is 15.7. The lowest BCUT2D eigenvalue weighted by molar-refractivity contribution is 0.0717. The smallest absolute Gasteiger partial charge is 0.257 e. The zero-order valence-electron chi connectivity index (χ0n) is 15.7. The van der Waals surface area contributed by atoms with E-state index in [1.165, 1.54) is 18.9 Å². The summed E-state index contributed by atoms with van der Waals surface area (Å²) in [5.74, 6) is 1.43. The lowest BCUT2D eigenvalue weighted by Gasteiger charge is -2.32. The van der Waals surface area contributed by atoms with Crippen molar-refractivity contribution in [2.75, 3.05) is 18.4 Å². The molecule has 0 radical (unpaired) electrons. The Morgan fingerprint density at radius 3 is 2.72 bits per heavy atom. The number of fused-ring (bicyclic) bond motifs is 1. The van der Waals surface area contributed by atoms with Gasteiger partial charge in [0.1, 0.15) is 18.4 Å². The largest absolute Gasteiger partial charge is 0.472 e. The third-order valence-electron chi connectivity index (χ3n) is 5.22. The van der Waals surface area contributed by atoms with E-state index in [0.29, 0.717) is 24.4 Å². The molecule has 29 heavy (non-hydrogen) atoms. The molecule has 0 atom stereocenters. The van der Waals surface area contributed by atoms with Gasteiger partial charge in [0.15, 0.2) is 0 Å². The van der Waals surface area contributed by atoms with Crippen LogP contribution >= 0.6 is 0 Å². The van der Waals surface area contributed by atoms with Crippen LogP contribution in [0.5, 0.6) is 0 Å². The summed E-state index contributed by atoms with van der Waals surface area (Å²) in [6.45, 7) is 1.39. The number of hydrogen-bond donors (Lipinski definition) is 1. The third-order valence-corrected chi connectivity index (χ3v) is 5.22. The quantitative estimate of drug-likeness (QED) is 0.578. The lowest BCUT2D eigenvalue weighted by atomic mass is 10.0. The van der Waals surface area contributed by atoms with Crippen molar-refractivity contribution >= 4 is 17.5 Å². The third kappa shape index (κ3) is 3.44. The molecule has 0 aliphatic carbocycles. The van der Waals surface area contributed by atoms with E-state index in [-0.39, 0.29) is 11.9 Å². The van der Waals surface area contributed by atoms with Gasteiger partial charge in [-0.1, -0.05) is 30.3 Å². The molecule has 1 saturated heterocycles. The van der Waals surface area contributed by atoms with E-state index in [1.807, 2.05) is 41.3 Å². The van der Waals surface area contributed by atoms with Crippen LogP contribution in [0, 0.1) is 0 Å². The first-order valence-corrected chi connectivity index (χ1v) is 9.62. The second kappa shape index (κ2) is 7.38. The fourth-order valence-corrected chi connectivity index (χ4v) is 3.68. The Labute approximate surface area is 167 Å². The van der Waals surface area contributed by atoms with Crippen molar-refractivity contribution in [2.45, 2.75) is 18.9 Å². The molecule has 1 aliphatic heterocycles. The van der Waals surface area contributed by atoms with Crippen LogP contribution in [-0.4, -0.2) is 49.5 Å². The SMILES string of the molecule is O=C(c1ccoc1)N1CCC(Nc2cc(-c3ccccc3)nc3ncnn23)CC1. The van der Waals surface area contributed by atoms with Crippen LogP contribution < -0.4 is 5.32 Å². The molecule has 1 amide bonds. The summed E-state index contributed by atoms with van der Waals surface area (Å²) in [6.07, 6.45) is 6.23. The summed E-state index contributed by atoms with van der Waals surface area (Å²) >= 11 is 0. The number of anilines is 1. The molecule has 4 heterocycles. The number of carbonyl (C=O) groups is 1. The van der Waals surface area contributed by atoms with Crippen molar-refractivity contribution in [3.63, 3.8) is 0 Å². The summed E-state index contributed by atoms with van der Waals surface area (Å²) in [4.78, 5) is 23.2. The molecule has 3 aromatic heterocycles. The molecule has 0 saturated carbocycles. The molecule has 0 spiro atoms. The van der Waals surface area contributed by atoms with E-state index in [1.54, 1.807) is 10.6 Å². The molecule has 1 fully saturated rings. The lowest BCUT2D eigenvalue weighted by Crippen LogP contribution is -2.42. The molecule has 1 aliphatic rings. The van der Waals surface area contributed by atoms with Crippen LogP contribution in [-0.2, 0) is 0 Å². The highest BCUT2D eigenvalue weighted by atomic mass is 16.3. The van der Waals surface area contributed by atoms with Crippen molar-refractivity contribution in [1.82, 2.24) is 24.5 Å². The maximum atomic E-state index is 12.5. The summed E-state index contributed by atoms with van der Waals surface area (Å²) < 4.78 is 6.74. The van der Waals surface area contributed by atoms with E-state index < -0.39 is 0 Å². The predicted octanol–water partition coefficient (Wildman–Crippen LogP) is 3.10. The van der Waals surface area contributed by atoms with Crippen LogP contribution in [0.15, 0.2) is 65.7 Å². The van der Waals surface area contributed by atoms with Gasteiger partial charge in [-0.05, 0) is 18.9 Å². The summed E-state index contributed by atoms with van der Waals surface area (Å²) in [5.41, 5.74) is 2.48. The van der Waals surface area contributed by atoms with Gasteiger partial charge in [0.05, 0.1) is 17.5 Å². The topological polar surface area (TPSA) is 88.6 Å². The van der Waals surface area contributed by atoms with E-state index in [4.69, 9.17) is 4.42 Å². The van der Waals surface area contributed by atoms with Gasteiger partial charge >= 0.3 is 0 Å². The van der Waals surface area contributed by atoms with E-state index in [2.05, 4.69) is 20.4 Å². The molecule has 5 rings (SSSR count). The van der Waals surface area contributed by atoms with Gasteiger partial charge in [-0.2, -0.15) is 14.6 Å². The van der Waals surface area contributed by atoms with Crippen molar-refractivity contribution in [2.24, 2.45) is 0 Å². The second-order valence-corrected chi connectivity index (χ2v) is 7.09. The predicted molar refractivity (Wildman–Crippen MR) is 107 cm³/mol. The van der Waals surface area contributed by atoms with Gasteiger partial charge in [0.2, 0.25) is 0 Å². The Bertz CT molecular complexity index is 1110. The fraction of sp³-hybridized carbons (Fsp3) is 0.238. The van der Waals surface area contributed by atoms with Crippen LogP contribution in [0.1, 0.15) is 23.2 Å². The maximum Gasteiger partial charge on any atom is 0.257 e. The Morgan fingerprint density at radius 1 is 1.14 bits per heavy atom. The van der Waals surface area contributed by atoms with Crippen molar-refractivity contribution < 1.29 is 9.21 Å². The summed E-state index contributed by atoms with van der Waals surface area (Å²) in [5, 5.41) is 7.88. The Kier molecular flexibility index (Phi) is 4.44. The number of amides is 1. The van der Waals surface area contributed by atoms with Crippen LogP contribution in [0.2, 0.25) is 0 Å². The number of benzene rings is 1. The Hall–Kier alpha value is -3.68. The minimum absolute atomic E-state index is 0.0196. The minimum atomic E-state index is 0.0196. The highest BCUT2D eigenvalue weighted by Crippen LogP contribution is 2.23. The minimum Gasteiger partial charge on any atom is -0.472 e. The highest BCUT2D eigenvalue weighted by Gasteiger charge is 2.25.